The van der Waals surface area contributed by atoms with Gasteiger partial charge in [0, 0.05) is 0 Å². The average molecular weight is 208 g/mol. The minimum atomic E-state index is 0. The monoisotopic (exact) mass is 208 g/mol. The maximum absolute atomic E-state index is 8.24. The molecule has 0 unspecified atom stereocenters. The van der Waals surface area contributed by atoms with E-state index in [0.717, 1.165) is 6.42 Å². The van der Waals surface area contributed by atoms with Gasteiger partial charge in [-0.1, -0.05) is 20.8 Å². The van der Waals surface area contributed by atoms with Crippen LogP contribution in [0.25, 0.3) is 0 Å². The van der Waals surface area contributed by atoms with Gasteiger partial charge in [0.15, 0.2) is 0 Å². The van der Waals surface area contributed by atoms with Crippen LogP contribution < -0.4 is 0 Å². The first-order valence-electron chi connectivity index (χ1n) is 1.63. The maximum Gasteiger partial charge on any atom is 3.00 e. The van der Waals surface area contributed by atoms with Gasteiger partial charge in [-0.2, -0.15) is 6.42 Å². The molecule has 0 bridgehead atoms. The summed E-state index contributed by atoms with van der Waals surface area (Å²) in [5.74, 6) is 0. The number of rotatable bonds is 0. The molecule has 9 heavy (non-hydrogen) atoms. The molecule has 0 amide bonds. The van der Waals surface area contributed by atoms with Gasteiger partial charge >= 0.3 is 32.7 Å². The molecule has 0 aliphatic carbocycles. The molecule has 0 aromatic rings. The van der Waals surface area contributed by atoms with E-state index < -0.39 is 0 Å². The topological polar surface area (TPSA) is 37.3 Å². The third-order valence-electron chi connectivity index (χ3n) is 0. The van der Waals surface area contributed by atoms with Crippen molar-refractivity contribution in [2.24, 2.45) is 0 Å². The quantitative estimate of drug-likeness (QED) is 0.617. The van der Waals surface area contributed by atoms with E-state index >= 15 is 0 Å². The van der Waals surface area contributed by atoms with Crippen molar-refractivity contribution >= 4 is 6.47 Å². The van der Waals surface area contributed by atoms with Gasteiger partial charge in [-0.3, -0.25) is 0 Å². The van der Waals surface area contributed by atoms with Crippen LogP contribution in [0.15, 0.2) is 0 Å². The SMILES string of the molecule is C.O=[C-]O.[CH2-]CC.[CH3-].[Y+3]. The maximum atomic E-state index is 8.24. The van der Waals surface area contributed by atoms with Crippen LogP contribution in [0.1, 0.15) is 20.8 Å². The molecule has 0 atom stereocenters. The van der Waals surface area contributed by atoms with Crippen LogP contribution in [0.5, 0.6) is 0 Å². The third-order valence-corrected chi connectivity index (χ3v) is 0. The minimum absolute atomic E-state index is 0. The summed E-state index contributed by atoms with van der Waals surface area (Å²) in [4.78, 5) is 8.24. The Kier molecular flexibility index (Phi) is 278. The van der Waals surface area contributed by atoms with Crippen LogP contribution in [0.3, 0.4) is 0 Å². The molecular formula is C6H15O2Y. The zero-order chi connectivity index (χ0) is 5.41. The first-order valence-corrected chi connectivity index (χ1v) is 1.63. The van der Waals surface area contributed by atoms with Crippen molar-refractivity contribution in [2.45, 2.75) is 20.8 Å². The third kappa shape index (κ3) is 1130. The van der Waals surface area contributed by atoms with Crippen molar-refractivity contribution in [1.82, 2.24) is 0 Å². The van der Waals surface area contributed by atoms with E-state index in [2.05, 4.69) is 6.92 Å². The van der Waals surface area contributed by atoms with Gasteiger partial charge in [0.2, 0.25) is 0 Å². The van der Waals surface area contributed by atoms with Crippen LogP contribution in [0.2, 0.25) is 0 Å². The summed E-state index contributed by atoms with van der Waals surface area (Å²) in [6.07, 6.45) is 1.00. The zero-order valence-corrected chi connectivity index (χ0v) is 8.19. The fraction of sp³-hybridized carbons (Fsp3) is 0.500. The van der Waals surface area contributed by atoms with Crippen LogP contribution in [0.4, 0.5) is 0 Å². The molecule has 0 saturated heterocycles. The molecule has 0 heterocycles. The van der Waals surface area contributed by atoms with Gasteiger partial charge < -0.3 is 24.3 Å². The van der Waals surface area contributed by atoms with E-state index in [-0.39, 0.29) is 47.6 Å². The smallest absolute Gasteiger partial charge is 0.665 e. The molecule has 0 saturated carbocycles. The molecule has 0 fully saturated rings. The van der Waals surface area contributed by atoms with E-state index in [4.69, 9.17) is 9.90 Å². The van der Waals surface area contributed by atoms with Crippen LogP contribution in [0, 0.1) is 14.4 Å². The standard InChI is InChI=1S/C3H7.CHO2.CH4.CH3.Y/c1-3-2;2-1-3;;;/h1,3H2,2H3;(H,2,3);1H4;1H3;/q2*-1;;-1;+3. The van der Waals surface area contributed by atoms with Crippen molar-refractivity contribution in [3.63, 3.8) is 0 Å². The Bertz CT molecular complexity index is 25.0. The van der Waals surface area contributed by atoms with Gasteiger partial charge in [0.1, 0.15) is 0 Å². The van der Waals surface area contributed by atoms with Gasteiger partial charge in [-0.25, -0.2) is 0 Å². The van der Waals surface area contributed by atoms with Gasteiger partial charge in [0.25, 0.3) is 0 Å². The normalized spacial score (nSPS) is 3.33. The summed E-state index contributed by atoms with van der Waals surface area (Å²) in [7, 11) is 0. The van der Waals surface area contributed by atoms with Crippen LogP contribution >= 0.6 is 0 Å². The Balaban J connectivity index is -0.00000000889. The summed E-state index contributed by atoms with van der Waals surface area (Å²) in [6.45, 7) is 6.00. The first kappa shape index (κ1) is 33.6. The second-order valence-electron chi connectivity index (χ2n) is 0.591. The average Bonchev–Trinajstić information content (AvgIpc) is 1.39. The summed E-state index contributed by atoms with van der Waals surface area (Å²) < 4.78 is 0. The van der Waals surface area contributed by atoms with E-state index in [0.29, 0.717) is 6.47 Å². The van der Waals surface area contributed by atoms with Crippen molar-refractivity contribution in [2.75, 3.05) is 0 Å². The van der Waals surface area contributed by atoms with E-state index in [1.165, 1.54) is 0 Å². The van der Waals surface area contributed by atoms with Gasteiger partial charge in [0.05, 0.1) is 0 Å². The molecular weight excluding hydrogens is 193 g/mol. The number of aliphatic hydroxyl groups excluding tert-OH is 1. The molecule has 0 aromatic carbocycles. The zero-order valence-electron chi connectivity index (χ0n) is 5.35. The van der Waals surface area contributed by atoms with Gasteiger partial charge in [-0.05, 0) is 0 Å². The Morgan fingerprint density at radius 2 is 1.67 bits per heavy atom. The Morgan fingerprint density at radius 1 is 1.67 bits per heavy atom. The molecule has 0 spiro atoms. The van der Waals surface area contributed by atoms with Crippen molar-refractivity contribution in [3.8, 4) is 0 Å². The van der Waals surface area contributed by atoms with Crippen molar-refractivity contribution in [3.05, 3.63) is 14.4 Å². The summed E-state index contributed by atoms with van der Waals surface area (Å²) in [6, 6.07) is 0. The number of hydrogen-bond acceptors (Lipinski definition) is 1. The van der Waals surface area contributed by atoms with E-state index in [1.807, 2.05) is 6.92 Å². The Hall–Kier alpha value is 0.574. The molecule has 0 aliphatic rings. The molecule has 54 valence electrons. The van der Waals surface area contributed by atoms with Crippen LogP contribution in [-0.4, -0.2) is 11.6 Å². The summed E-state index contributed by atoms with van der Waals surface area (Å²) >= 11 is 0. The second-order valence-corrected chi connectivity index (χ2v) is 0.591. The molecule has 0 radical (unpaired) electrons. The van der Waals surface area contributed by atoms with E-state index in [1.54, 1.807) is 0 Å². The molecule has 2 nitrogen and oxygen atoms in total. The predicted molar refractivity (Wildman–Crippen MR) is 37.1 cm³/mol. The largest absolute Gasteiger partial charge is 3.00 e. The van der Waals surface area contributed by atoms with Crippen LogP contribution in [-0.2, 0) is 37.5 Å². The Labute approximate surface area is 83.9 Å². The van der Waals surface area contributed by atoms with Crippen molar-refractivity contribution < 1.29 is 42.6 Å². The van der Waals surface area contributed by atoms with Gasteiger partial charge in [-0.15, -0.1) is 0 Å². The molecule has 1 N–H and O–H groups in total. The van der Waals surface area contributed by atoms with E-state index in [9.17, 15) is 0 Å². The first-order chi connectivity index (χ1) is 2.83. The molecule has 0 rings (SSSR count). The second kappa shape index (κ2) is 74.2. The Morgan fingerprint density at radius 3 is 1.67 bits per heavy atom. The fourth-order valence-corrected chi connectivity index (χ4v) is 0. The minimum Gasteiger partial charge on any atom is -0.665 e. The molecule has 3 heteroatoms. The van der Waals surface area contributed by atoms with Crippen molar-refractivity contribution in [1.29, 1.82) is 0 Å². The molecule has 0 aromatic heterocycles. The summed E-state index contributed by atoms with van der Waals surface area (Å²) in [5.41, 5.74) is 0. The predicted octanol–water partition coefficient (Wildman–Crippen LogP) is 1.93. The number of hydrogen-bond donors (Lipinski definition) is 1. The fourth-order valence-electron chi connectivity index (χ4n) is 0. The molecule has 0 aliphatic heterocycles. The summed E-state index contributed by atoms with van der Waals surface area (Å²) in [5, 5.41) is 6.76.